The minimum absolute atomic E-state index is 0.0495. The highest BCUT2D eigenvalue weighted by atomic mass is 16.6. The molecular weight excluding hydrogens is 244 g/mol. The maximum absolute atomic E-state index is 11.6. The molecule has 1 fully saturated rings. The maximum Gasteiger partial charge on any atom is 0.334 e. The molecule has 1 heterocycles. The molecule has 2 N–H and O–H groups in total. The van der Waals surface area contributed by atoms with Crippen molar-refractivity contribution in [2.24, 2.45) is 5.92 Å². The van der Waals surface area contributed by atoms with E-state index in [2.05, 4.69) is 6.58 Å². The molecule has 0 aromatic rings. The molecule has 19 heavy (non-hydrogen) atoms. The molecule has 2 rings (SSSR count). The van der Waals surface area contributed by atoms with Crippen LogP contribution in [0.2, 0.25) is 0 Å². The number of hydrogen-bond acceptors (Lipinski definition) is 4. The average molecular weight is 264 g/mol. The molecule has 0 amide bonds. The molecular formula is C15H20O4. The van der Waals surface area contributed by atoms with E-state index >= 15 is 0 Å². The highest BCUT2D eigenvalue weighted by molar-refractivity contribution is 5.91. The Morgan fingerprint density at radius 1 is 1.42 bits per heavy atom. The molecule has 2 aliphatic rings. The zero-order valence-electron chi connectivity index (χ0n) is 11.1. The van der Waals surface area contributed by atoms with Crippen molar-refractivity contribution >= 4 is 5.97 Å². The highest BCUT2D eigenvalue weighted by Gasteiger charge is 2.41. The number of rotatable bonds is 1. The summed E-state index contributed by atoms with van der Waals surface area (Å²) in [5.74, 6) is -0.921. The Hall–Kier alpha value is -1.39. The summed E-state index contributed by atoms with van der Waals surface area (Å²) in [4.78, 5) is 11.6. The minimum atomic E-state index is -0.779. The van der Waals surface area contributed by atoms with Crippen LogP contribution in [0.25, 0.3) is 0 Å². The lowest BCUT2D eigenvalue weighted by Gasteiger charge is -2.21. The van der Waals surface area contributed by atoms with Crippen molar-refractivity contribution in [2.45, 2.75) is 38.4 Å². The van der Waals surface area contributed by atoms with E-state index in [9.17, 15) is 15.0 Å². The monoisotopic (exact) mass is 264 g/mol. The quantitative estimate of drug-likeness (QED) is 0.428. The summed E-state index contributed by atoms with van der Waals surface area (Å²) in [7, 11) is 0. The largest absolute Gasteiger partial charge is 0.454 e. The Morgan fingerprint density at radius 3 is 2.84 bits per heavy atom. The summed E-state index contributed by atoms with van der Waals surface area (Å²) in [6, 6.07) is 0. The molecule has 1 aliphatic heterocycles. The minimum Gasteiger partial charge on any atom is -0.454 e. The number of aliphatic hydroxyl groups is 2. The average Bonchev–Trinajstić information content (AvgIpc) is 2.63. The second-order valence-electron chi connectivity index (χ2n) is 5.26. The van der Waals surface area contributed by atoms with Gasteiger partial charge in [-0.1, -0.05) is 18.2 Å². The van der Waals surface area contributed by atoms with Gasteiger partial charge in [-0.05, 0) is 37.8 Å². The second-order valence-corrected chi connectivity index (χ2v) is 5.26. The normalized spacial score (nSPS) is 37.7. The van der Waals surface area contributed by atoms with Crippen molar-refractivity contribution in [2.75, 3.05) is 6.61 Å². The molecule has 1 saturated heterocycles. The molecule has 4 nitrogen and oxygen atoms in total. The summed E-state index contributed by atoms with van der Waals surface area (Å²) in [5.41, 5.74) is 2.23. The summed E-state index contributed by atoms with van der Waals surface area (Å²) < 4.78 is 5.23. The molecule has 0 bridgehead atoms. The van der Waals surface area contributed by atoms with E-state index in [-0.39, 0.29) is 6.61 Å². The van der Waals surface area contributed by atoms with Gasteiger partial charge in [0.05, 0.1) is 18.6 Å². The molecule has 0 saturated carbocycles. The van der Waals surface area contributed by atoms with Crippen LogP contribution in [0.4, 0.5) is 0 Å². The van der Waals surface area contributed by atoms with Crippen LogP contribution in [0.15, 0.2) is 35.5 Å². The third kappa shape index (κ3) is 2.96. The fourth-order valence-electron chi connectivity index (χ4n) is 2.67. The number of carbonyl (C=O) groups excluding carboxylic acids is 1. The van der Waals surface area contributed by atoms with Crippen LogP contribution in [0, 0.1) is 5.92 Å². The topological polar surface area (TPSA) is 66.8 Å². The van der Waals surface area contributed by atoms with Gasteiger partial charge in [0.2, 0.25) is 0 Å². The van der Waals surface area contributed by atoms with Crippen LogP contribution in [0.5, 0.6) is 0 Å². The first kappa shape index (κ1) is 14.0. The molecule has 0 aromatic carbocycles. The van der Waals surface area contributed by atoms with Crippen LogP contribution >= 0.6 is 0 Å². The lowest BCUT2D eigenvalue weighted by molar-refractivity contribution is -0.137. The number of carbonyl (C=O) groups is 1. The van der Waals surface area contributed by atoms with Crippen molar-refractivity contribution < 1.29 is 19.7 Å². The smallest absolute Gasteiger partial charge is 0.334 e. The Kier molecular flexibility index (Phi) is 4.22. The van der Waals surface area contributed by atoms with Gasteiger partial charge < -0.3 is 14.9 Å². The molecule has 0 spiro atoms. The number of aliphatic hydroxyl groups excluding tert-OH is 2. The second kappa shape index (κ2) is 5.72. The summed E-state index contributed by atoms with van der Waals surface area (Å²) >= 11 is 0. The summed E-state index contributed by atoms with van der Waals surface area (Å²) in [6.07, 6.45) is 4.78. The number of ether oxygens (including phenoxy) is 1. The van der Waals surface area contributed by atoms with Crippen LogP contribution < -0.4 is 0 Å². The predicted octanol–water partition coefficient (Wildman–Crippen LogP) is 1.49. The van der Waals surface area contributed by atoms with Crippen molar-refractivity contribution in [1.82, 2.24) is 0 Å². The van der Waals surface area contributed by atoms with Gasteiger partial charge in [-0.3, -0.25) is 0 Å². The number of fused-ring (bicyclic) bond motifs is 1. The zero-order chi connectivity index (χ0) is 14.0. The van der Waals surface area contributed by atoms with E-state index in [0.717, 1.165) is 30.4 Å². The number of esters is 1. The van der Waals surface area contributed by atoms with E-state index in [1.807, 2.05) is 6.92 Å². The van der Waals surface area contributed by atoms with Gasteiger partial charge in [0.15, 0.2) is 0 Å². The third-order valence-electron chi connectivity index (χ3n) is 3.76. The van der Waals surface area contributed by atoms with E-state index in [0.29, 0.717) is 5.57 Å². The van der Waals surface area contributed by atoms with Gasteiger partial charge in [-0.2, -0.15) is 0 Å². The zero-order valence-corrected chi connectivity index (χ0v) is 11.1. The van der Waals surface area contributed by atoms with Crippen molar-refractivity contribution in [1.29, 1.82) is 0 Å². The van der Waals surface area contributed by atoms with Gasteiger partial charge in [0.25, 0.3) is 0 Å². The van der Waals surface area contributed by atoms with Crippen LogP contribution in [0.3, 0.4) is 0 Å². The van der Waals surface area contributed by atoms with E-state index in [1.165, 1.54) is 0 Å². The molecule has 104 valence electrons. The standard InChI is InChI=1S/C15H20O4/c1-9-4-3-5-11(8-16)7-13-14(12(17)6-9)10(2)15(18)19-13/h6-7,12-14,16-17H,2-5,8H2,1H3/b9-6-,11-7+/t12-,13+,14?/m0/s1. The molecule has 0 aromatic heterocycles. The Morgan fingerprint density at radius 2 is 2.16 bits per heavy atom. The number of hydrogen-bond donors (Lipinski definition) is 2. The van der Waals surface area contributed by atoms with Gasteiger partial charge >= 0.3 is 5.97 Å². The fourth-order valence-corrected chi connectivity index (χ4v) is 2.67. The first-order valence-corrected chi connectivity index (χ1v) is 6.58. The molecule has 4 heteroatoms. The molecule has 1 aliphatic carbocycles. The Bertz CT molecular complexity index is 447. The summed E-state index contributed by atoms with van der Waals surface area (Å²) in [6.45, 7) is 5.63. The van der Waals surface area contributed by atoms with Gasteiger partial charge in [-0.15, -0.1) is 0 Å². The molecule has 1 unspecified atom stereocenters. The highest BCUT2D eigenvalue weighted by Crippen LogP contribution is 2.33. The molecule has 3 atom stereocenters. The lowest BCUT2D eigenvalue weighted by atomic mass is 9.87. The first-order valence-electron chi connectivity index (χ1n) is 6.58. The van der Waals surface area contributed by atoms with E-state index < -0.39 is 24.1 Å². The summed E-state index contributed by atoms with van der Waals surface area (Å²) in [5, 5.41) is 19.6. The number of allylic oxidation sites excluding steroid dienone is 1. The van der Waals surface area contributed by atoms with Crippen molar-refractivity contribution in [3.05, 3.63) is 35.5 Å². The Balaban J connectivity index is 2.36. The van der Waals surface area contributed by atoms with Crippen molar-refractivity contribution in [3.63, 3.8) is 0 Å². The Labute approximate surface area is 113 Å². The fraction of sp³-hybridized carbons (Fsp3) is 0.533. The third-order valence-corrected chi connectivity index (χ3v) is 3.76. The first-order chi connectivity index (χ1) is 9.02. The van der Waals surface area contributed by atoms with Crippen LogP contribution in [-0.4, -0.2) is 35.0 Å². The molecule has 0 radical (unpaired) electrons. The lowest BCUT2D eigenvalue weighted by Crippen LogP contribution is -2.27. The predicted molar refractivity (Wildman–Crippen MR) is 71.3 cm³/mol. The van der Waals surface area contributed by atoms with Crippen LogP contribution in [-0.2, 0) is 9.53 Å². The van der Waals surface area contributed by atoms with Crippen LogP contribution in [0.1, 0.15) is 26.2 Å². The SMILES string of the molecule is C=C1C(=O)O[C@@H]2/C=C(/CO)CCC/C(C)=C\[C@H](O)C12. The van der Waals surface area contributed by atoms with Gasteiger partial charge in [-0.25, -0.2) is 4.79 Å². The maximum atomic E-state index is 11.6. The van der Waals surface area contributed by atoms with Gasteiger partial charge in [0.1, 0.15) is 6.10 Å². The van der Waals surface area contributed by atoms with E-state index in [4.69, 9.17) is 4.74 Å². The van der Waals surface area contributed by atoms with Gasteiger partial charge in [0, 0.05) is 5.57 Å². The van der Waals surface area contributed by atoms with Crippen molar-refractivity contribution in [3.8, 4) is 0 Å². The van der Waals surface area contributed by atoms with E-state index in [1.54, 1.807) is 12.2 Å².